The van der Waals surface area contributed by atoms with Crippen molar-refractivity contribution in [2.24, 2.45) is 0 Å². The third-order valence-electron chi connectivity index (χ3n) is 4.20. The van der Waals surface area contributed by atoms with Crippen LogP contribution in [0.3, 0.4) is 0 Å². The summed E-state index contributed by atoms with van der Waals surface area (Å²) < 4.78 is 6.88. The van der Waals surface area contributed by atoms with Gasteiger partial charge in [-0.3, -0.25) is 0 Å². The molecule has 0 aliphatic rings. The summed E-state index contributed by atoms with van der Waals surface area (Å²) in [5.41, 5.74) is 6.95. The Balaban J connectivity index is 0.000000243. The Bertz CT molecular complexity index is 585. The molecule has 0 spiro atoms. The number of aryl methyl sites for hydroxylation is 1. The summed E-state index contributed by atoms with van der Waals surface area (Å²) in [6, 6.07) is 12.5. The molecule has 0 saturated carbocycles. The fourth-order valence-electron chi connectivity index (χ4n) is 2.23. The molecule has 0 heterocycles. The Kier molecular flexibility index (Phi) is 10.9. The van der Waals surface area contributed by atoms with E-state index in [1.165, 1.54) is 37.8 Å². The zero-order chi connectivity index (χ0) is 17.9. The van der Waals surface area contributed by atoms with E-state index in [0.717, 1.165) is 25.0 Å². The molecule has 3 heteroatoms. The molecule has 0 bridgehead atoms. The summed E-state index contributed by atoms with van der Waals surface area (Å²) >= 11 is 5.78. The maximum atomic E-state index is 5.50. The van der Waals surface area contributed by atoms with E-state index in [-0.39, 0.29) is 0 Å². The van der Waals surface area contributed by atoms with Crippen LogP contribution in [0.5, 0.6) is 0 Å². The van der Waals surface area contributed by atoms with E-state index >= 15 is 0 Å². The first-order chi connectivity index (χ1) is 11.5. The van der Waals surface area contributed by atoms with Gasteiger partial charge in [-0.05, 0) is 97.0 Å². The van der Waals surface area contributed by atoms with E-state index < -0.39 is 0 Å². The first-order valence-electron chi connectivity index (χ1n) is 8.38. The number of hydrogen-bond donors (Lipinski definition) is 0. The van der Waals surface area contributed by atoms with Crippen molar-refractivity contribution in [2.75, 3.05) is 11.9 Å². The number of rotatable bonds is 6. The molecule has 0 unspecified atom stereocenters. The van der Waals surface area contributed by atoms with Gasteiger partial charge in [0.25, 0.3) is 0 Å². The highest BCUT2D eigenvalue weighted by atomic mass is 127. The van der Waals surface area contributed by atoms with Crippen LogP contribution in [0.1, 0.15) is 40.7 Å². The van der Waals surface area contributed by atoms with Crippen LogP contribution in [-0.4, -0.2) is 11.9 Å². The Morgan fingerprint density at radius 2 is 1.58 bits per heavy atom. The van der Waals surface area contributed by atoms with Gasteiger partial charge in [-0.1, -0.05) is 46.3 Å². The third kappa shape index (κ3) is 7.66. The highest BCUT2D eigenvalue weighted by molar-refractivity contribution is 14.1. The molecular formula is C21H28BrIO. The molecule has 0 N–H and O–H groups in total. The van der Waals surface area contributed by atoms with Crippen LogP contribution >= 0.6 is 38.5 Å². The largest absolute Gasteiger partial charge is 0.377 e. The minimum absolute atomic E-state index is 0.739. The first-order valence-corrected chi connectivity index (χ1v) is 10.6. The molecule has 0 fully saturated rings. The first kappa shape index (κ1) is 21.7. The summed E-state index contributed by atoms with van der Waals surface area (Å²) in [6.07, 6.45) is 2.33. The number of ether oxygens (including phenoxy) is 1. The van der Waals surface area contributed by atoms with Crippen molar-refractivity contribution >= 4 is 38.5 Å². The molecule has 24 heavy (non-hydrogen) atoms. The molecule has 2 aromatic rings. The summed E-state index contributed by atoms with van der Waals surface area (Å²) in [4.78, 5) is 0. The SMILES string of the molecule is BrCCCCOCc1ccccc1.Cc1cc(I)c(C)c(C)c1C. The average Bonchev–Trinajstić information content (AvgIpc) is 2.59. The lowest BCUT2D eigenvalue weighted by Gasteiger charge is -2.09. The molecule has 2 rings (SSSR count). The summed E-state index contributed by atoms with van der Waals surface area (Å²) in [6.45, 7) is 10.3. The quantitative estimate of drug-likeness (QED) is 0.237. The zero-order valence-electron chi connectivity index (χ0n) is 15.2. The molecule has 0 aromatic heterocycles. The number of alkyl halides is 1. The number of unbranched alkanes of at least 4 members (excludes halogenated alkanes) is 1. The number of benzene rings is 2. The van der Waals surface area contributed by atoms with Crippen LogP contribution in [0.2, 0.25) is 0 Å². The minimum Gasteiger partial charge on any atom is -0.377 e. The fourth-order valence-corrected chi connectivity index (χ4v) is 3.49. The lowest BCUT2D eigenvalue weighted by molar-refractivity contribution is 0.118. The van der Waals surface area contributed by atoms with Crippen LogP contribution < -0.4 is 0 Å². The highest BCUT2D eigenvalue weighted by Gasteiger charge is 2.03. The fraction of sp³-hybridized carbons (Fsp3) is 0.429. The lowest BCUT2D eigenvalue weighted by Crippen LogP contribution is -1.95. The monoisotopic (exact) mass is 502 g/mol. The van der Waals surface area contributed by atoms with Gasteiger partial charge in [-0.25, -0.2) is 0 Å². The third-order valence-corrected chi connectivity index (χ3v) is 5.88. The van der Waals surface area contributed by atoms with E-state index in [4.69, 9.17) is 4.74 Å². The Labute approximate surface area is 169 Å². The molecule has 0 atom stereocenters. The van der Waals surface area contributed by atoms with E-state index in [1.807, 2.05) is 18.2 Å². The second-order valence-electron chi connectivity index (χ2n) is 5.98. The van der Waals surface area contributed by atoms with Gasteiger partial charge < -0.3 is 4.74 Å². The van der Waals surface area contributed by atoms with E-state index in [2.05, 4.69) is 84.4 Å². The molecule has 0 saturated heterocycles. The van der Waals surface area contributed by atoms with E-state index in [1.54, 1.807) is 0 Å². The predicted molar refractivity (Wildman–Crippen MR) is 117 cm³/mol. The predicted octanol–water partition coefficient (Wildman–Crippen LogP) is 6.90. The maximum absolute atomic E-state index is 5.50. The van der Waals surface area contributed by atoms with E-state index in [0.29, 0.717) is 0 Å². The van der Waals surface area contributed by atoms with Crippen molar-refractivity contribution in [3.8, 4) is 0 Å². The van der Waals surface area contributed by atoms with Gasteiger partial charge in [0.1, 0.15) is 0 Å². The van der Waals surface area contributed by atoms with Gasteiger partial charge >= 0.3 is 0 Å². The van der Waals surface area contributed by atoms with Gasteiger partial charge in [-0.15, -0.1) is 0 Å². The Hall–Kier alpha value is -0.390. The van der Waals surface area contributed by atoms with Crippen molar-refractivity contribution in [3.05, 3.63) is 67.8 Å². The summed E-state index contributed by atoms with van der Waals surface area (Å²) in [7, 11) is 0. The standard InChI is InChI=1S/C11H15BrO.C10H13I/c12-8-4-5-9-13-10-11-6-2-1-3-7-11;1-6-5-10(11)9(4)8(3)7(6)2/h1-3,6-7H,4-5,8-10H2;5H,1-4H3. The van der Waals surface area contributed by atoms with Gasteiger partial charge in [0.15, 0.2) is 0 Å². The minimum atomic E-state index is 0.739. The van der Waals surface area contributed by atoms with Crippen molar-refractivity contribution in [1.82, 2.24) is 0 Å². The normalized spacial score (nSPS) is 10.2. The molecular weight excluding hydrogens is 475 g/mol. The second-order valence-corrected chi connectivity index (χ2v) is 7.94. The van der Waals surface area contributed by atoms with Crippen LogP contribution in [0.4, 0.5) is 0 Å². The lowest BCUT2D eigenvalue weighted by atomic mass is 10.0. The van der Waals surface area contributed by atoms with Crippen LogP contribution in [-0.2, 0) is 11.3 Å². The Morgan fingerprint density at radius 1 is 0.917 bits per heavy atom. The van der Waals surface area contributed by atoms with Crippen LogP contribution in [0.15, 0.2) is 36.4 Å². The molecule has 132 valence electrons. The molecule has 0 aliphatic heterocycles. The topological polar surface area (TPSA) is 9.23 Å². The van der Waals surface area contributed by atoms with Gasteiger partial charge in [0, 0.05) is 15.5 Å². The van der Waals surface area contributed by atoms with Gasteiger partial charge in [-0.2, -0.15) is 0 Å². The highest BCUT2D eigenvalue weighted by Crippen LogP contribution is 2.21. The maximum Gasteiger partial charge on any atom is 0.0716 e. The zero-order valence-corrected chi connectivity index (χ0v) is 18.9. The second kappa shape index (κ2) is 12.0. The van der Waals surface area contributed by atoms with Crippen molar-refractivity contribution in [2.45, 2.75) is 47.1 Å². The number of halogens is 2. The van der Waals surface area contributed by atoms with Crippen molar-refractivity contribution in [3.63, 3.8) is 0 Å². The van der Waals surface area contributed by atoms with Crippen LogP contribution in [0.25, 0.3) is 0 Å². The Morgan fingerprint density at radius 3 is 2.21 bits per heavy atom. The summed E-state index contributed by atoms with van der Waals surface area (Å²) in [5.74, 6) is 0. The molecule has 1 nitrogen and oxygen atoms in total. The van der Waals surface area contributed by atoms with E-state index in [9.17, 15) is 0 Å². The van der Waals surface area contributed by atoms with Gasteiger partial charge in [0.05, 0.1) is 6.61 Å². The van der Waals surface area contributed by atoms with Gasteiger partial charge in [0.2, 0.25) is 0 Å². The van der Waals surface area contributed by atoms with Crippen molar-refractivity contribution < 1.29 is 4.74 Å². The average molecular weight is 503 g/mol. The molecule has 0 amide bonds. The van der Waals surface area contributed by atoms with Crippen LogP contribution in [0, 0.1) is 31.3 Å². The van der Waals surface area contributed by atoms with Crippen molar-refractivity contribution in [1.29, 1.82) is 0 Å². The number of hydrogen-bond acceptors (Lipinski definition) is 1. The molecule has 2 aromatic carbocycles. The molecule has 0 radical (unpaired) electrons. The molecule has 0 aliphatic carbocycles. The summed E-state index contributed by atoms with van der Waals surface area (Å²) in [5, 5.41) is 1.07. The smallest absolute Gasteiger partial charge is 0.0716 e.